The van der Waals surface area contributed by atoms with Crippen LogP contribution in [0, 0.1) is 0 Å². The first-order valence-electron chi connectivity index (χ1n) is 10.7. The van der Waals surface area contributed by atoms with Crippen LogP contribution < -0.4 is 4.74 Å². The second-order valence-electron chi connectivity index (χ2n) is 7.14. The summed E-state index contributed by atoms with van der Waals surface area (Å²) in [6.45, 7) is 6.43. The van der Waals surface area contributed by atoms with Crippen molar-refractivity contribution in [3.05, 3.63) is 54.1 Å². The van der Waals surface area contributed by atoms with Crippen LogP contribution in [0.15, 0.2) is 48.5 Å². The van der Waals surface area contributed by atoms with E-state index in [1.54, 1.807) is 0 Å². The Balaban J connectivity index is 1.60. The molecule has 0 bridgehead atoms. The first-order chi connectivity index (χ1) is 14.2. The smallest absolute Gasteiger partial charge is 0.308 e. The largest absolute Gasteiger partial charge is 0.427 e. The maximum Gasteiger partial charge on any atom is 0.308 e. The molecule has 0 aliphatic carbocycles. The molecule has 2 rings (SSSR count). The lowest BCUT2D eigenvalue weighted by atomic mass is 10.0. The molecule has 0 atom stereocenters. The van der Waals surface area contributed by atoms with E-state index in [1.165, 1.54) is 43.7 Å². The minimum atomic E-state index is -0.298. The fraction of sp³-hybridized carbons (Fsp3) is 0.480. The molecule has 0 saturated heterocycles. The molecule has 4 nitrogen and oxygen atoms in total. The Kier molecular flexibility index (Phi) is 11.1. The van der Waals surface area contributed by atoms with Crippen LogP contribution in [0.5, 0.6) is 5.75 Å². The van der Waals surface area contributed by atoms with E-state index >= 15 is 0 Å². The summed E-state index contributed by atoms with van der Waals surface area (Å²) in [7, 11) is 0. The maximum atomic E-state index is 11.0. The lowest BCUT2D eigenvalue weighted by molar-refractivity contribution is -0.131. The van der Waals surface area contributed by atoms with Crippen LogP contribution in [-0.4, -0.2) is 32.4 Å². The zero-order valence-electron chi connectivity index (χ0n) is 17.8. The van der Waals surface area contributed by atoms with E-state index in [-0.39, 0.29) is 5.97 Å². The molecule has 0 aliphatic rings. The van der Waals surface area contributed by atoms with Crippen molar-refractivity contribution >= 4 is 5.97 Å². The van der Waals surface area contributed by atoms with Gasteiger partial charge in [-0.05, 0) is 55.0 Å². The van der Waals surface area contributed by atoms with Crippen molar-refractivity contribution in [3.63, 3.8) is 0 Å². The minimum absolute atomic E-state index is 0.298. The van der Waals surface area contributed by atoms with E-state index in [0.29, 0.717) is 19.0 Å². The molecule has 2 aromatic carbocycles. The number of ether oxygens (including phenoxy) is 3. The average Bonchev–Trinajstić information content (AvgIpc) is 2.73. The third-order valence-corrected chi connectivity index (χ3v) is 4.73. The lowest BCUT2D eigenvalue weighted by Crippen LogP contribution is -2.04. The Labute approximate surface area is 175 Å². The van der Waals surface area contributed by atoms with Crippen molar-refractivity contribution in [1.29, 1.82) is 0 Å². The Morgan fingerprint density at radius 3 is 1.97 bits per heavy atom. The van der Waals surface area contributed by atoms with Gasteiger partial charge in [-0.2, -0.15) is 0 Å². The summed E-state index contributed by atoms with van der Waals surface area (Å²) in [5.74, 6) is 0.280. The Morgan fingerprint density at radius 1 is 0.724 bits per heavy atom. The average molecular weight is 399 g/mol. The predicted molar refractivity (Wildman–Crippen MR) is 117 cm³/mol. The van der Waals surface area contributed by atoms with Crippen molar-refractivity contribution in [2.45, 2.75) is 52.4 Å². The number of benzene rings is 2. The summed E-state index contributed by atoms with van der Waals surface area (Å²) < 4.78 is 15.9. The van der Waals surface area contributed by atoms with Crippen LogP contribution in [-0.2, 0) is 20.7 Å². The molecule has 0 aliphatic heterocycles. The molecule has 0 spiro atoms. The van der Waals surface area contributed by atoms with Crippen molar-refractivity contribution in [2.24, 2.45) is 0 Å². The third-order valence-electron chi connectivity index (χ3n) is 4.73. The van der Waals surface area contributed by atoms with Gasteiger partial charge in [0.15, 0.2) is 0 Å². The monoisotopic (exact) mass is 398 g/mol. The molecule has 2 aromatic rings. The molecule has 0 N–H and O–H groups in total. The van der Waals surface area contributed by atoms with E-state index < -0.39 is 0 Å². The summed E-state index contributed by atoms with van der Waals surface area (Å²) in [4.78, 5) is 11.0. The maximum absolute atomic E-state index is 11.0. The number of esters is 1. The van der Waals surface area contributed by atoms with E-state index in [2.05, 4.69) is 24.3 Å². The topological polar surface area (TPSA) is 44.8 Å². The van der Waals surface area contributed by atoms with Crippen LogP contribution in [0.1, 0.15) is 51.5 Å². The van der Waals surface area contributed by atoms with Gasteiger partial charge in [-0.3, -0.25) is 4.79 Å². The molecule has 0 fully saturated rings. The number of aryl methyl sites for hydroxylation is 1. The number of carbonyl (C=O) groups excluding carboxylic acids is 1. The van der Waals surface area contributed by atoms with E-state index in [4.69, 9.17) is 14.2 Å². The molecule has 158 valence electrons. The second kappa shape index (κ2) is 13.9. The van der Waals surface area contributed by atoms with E-state index in [1.807, 2.05) is 31.2 Å². The standard InChI is InChI=1S/C25H34O4/c1-3-27-19-20-28-18-8-6-4-5-7-9-22-10-12-23(13-11-22)24-14-16-25(17-15-24)29-21(2)26/h10-17H,3-9,18-20H2,1-2H3. The highest BCUT2D eigenvalue weighted by Crippen LogP contribution is 2.23. The van der Waals surface area contributed by atoms with Crippen molar-refractivity contribution < 1.29 is 19.0 Å². The Morgan fingerprint density at radius 2 is 1.31 bits per heavy atom. The van der Waals surface area contributed by atoms with Crippen LogP contribution in [0.25, 0.3) is 11.1 Å². The fourth-order valence-corrected chi connectivity index (χ4v) is 3.17. The Bertz CT molecular complexity index is 692. The summed E-state index contributed by atoms with van der Waals surface area (Å²) in [5, 5.41) is 0. The summed E-state index contributed by atoms with van der Waals surface area (Å²) in [5.41, 5.74) is 3.67. The molecular weight excluding hydrogens is 364 g/mol. The van der Waals surface area contributed by atoms with Crippen LogP contribution in [0.2, 0.25) is 0 Å². The minimum Gasteiger partial charge on any atom is -0.427 e. The Hall–Kier alpha value is -2.17. The predicted octanol–water partition coefficient (Wildman–Crippen LogP) is 5.83. The summed E-state index contributed by atoms with van der Waals surface area (Å²) in [6, 6.07) is 16.4. The molecule has 4 heteroatoms. The van der Waals surface area contributed by atoms with Crippen molar-refractivity contribution in [3.8, 4) is 16.9 Å². The summed E-state index contributed by atoms with van der Waals surface area (Å²) >= 11 is 0. The first-order valence-corrected chi connectivity index (χ1v) is 10.7. The highest BCUT2D eigenvalue weighted by Gasteiger charge is 2.02. The number of hydrogen-bond donors (Lipinski definition) is 0. The van der Waals surface area contributed by atoms with Gasteiger partial charge in [-0.1, -0.05) is 55.7 Å². The quantitative estimate of drug-likeness (QED) is 0.228. The van der Waals surface area contributed by atoms with Crippen molar-refractivity contribution in [1.82, 2.24) is 0 Å². The number of carbonyl (C=O) groups is 1. The van der Waals surface area contributed by atoms with Gasteiger partial charge < -0.3 is 14.2 Å². The van der Waals surface area contributed by atoms with Crippen LogP contribution >= 0.6 is 0 Å². The zero-order chi connectivity index (χ0) is 20.7. The number of unbranched alkanes of at least 4 members (excludes halogenated alkanes) is 4. The van der Waals surface area contributed by atoms with E-state index in [9.17, 15) is 4.79 Å². The van der Waals surface area contributed by atoms with Gasteiger partial charge in [-0.25, -0.2) is 0 Å². The van der Waals surface area contributed by atoms with Gasteiger partial charge in [0, 0.05) is 20.1 Å². The van der Waals surface area contributed by atoms with Gasteiger partial charge in [0.25, 0.3) is 0 Å². The number of rotatable bonds is 14. The van der Waals surface area contributed by atoms with Gasteiger partial charge >= 0.3 is 5.97 Å². The molecule has 0 unspecified atom stereocenters. The van der Waals surface area contributed by atoms with Crippen molar-refractivity contribution in [2.75, 3.05) is 26.4 Å². The fourth-order valence-electron chi connectivity index (χ4n) is 3.17. The first kappa shape index (κ1) is 23.1. The number of hydrogen-bond acceptors (Lipinski definition) is 4. The molecule has 0 heterocycles. The second-order valence-corrected chi connectivity index (χ2v) is 7.14. The molecule has 0 saturated carbocycles. The third kappa shape index (κ3) is 9.73. The van der Waals surface area contributed by atoms with Gasteiger partial charge in [0.1, 0.15) is 5.75 Å². The van der Waals surface area contributed by atoms with Gasteiger partial charge in [-0.15, -0.1) is 0 Å². The SMILES string of the molecule is CCOCCOCCCCCCCc1ccc(-c2ccc(OC(C)=O)cc2)cc1. The van der Waals surface area contributed by atoms with Gasteiger partial charge in [0.05, 0.1) is 13.2 Å². The molecule has 0 radical (unpaired) electrons. The van der Waals surface area contributed by atoms with Crippen LogP contribution in [0.3, 0.4) is 0 Å². The molecular formula is C25H34O4. The highest BCUT2D eigenvalue weighted by molar-refractivity contribution is 5.70. The zero-order valence-corrected chi connectivity index (χ0v) is 17.8. The highest BCUT2D eigenvalue weighted by atomic mass is 16.5. The lowest BCUT2D eigenvalue weighted by Gasteiger charge is -2.07. The molecule has 0 amide bonds. The molecule has 0 aromatic heterocycles. The van der Waals surface area contributed by atoms with Gasteiger partial charge in [0.2, 0.25) is 0 Å². The normalized spacial score (nSPS) is 10.8. The molecule has 29 heavy (non-hydrogen) atoms. The van der Waals surface area contributed by atoms with E-state index in [0.717, 1.165) is 31.6 Å². The summed E-state index contributed by atoms with van der Waals surface area (Å²) in [6.07, 6.45) is 7.24. The van der Waals surface area contributed by atoms with Crippen LogP contribution in [0.4, 0.5) is 0 Å².